The van der Waals surface area contributed by atoms with Gasteiger partial charge in [0.25, 0.3) is 5.91 Å². The third-order valence-corrected chi connectivity index (χ3v) is 8.57. The van der Waals surface area contributed by atoms with Gasteiger partial charge in [-0.25, -0.2) is 0 Å². The summed E-state index contributed by atoms with van der Waals surface area (Å²) in [5.41, 5.74) is 1.92. The summed E-state index contributed by atoms with van der Waals surface area (Å²) in [5.74, 6) is -4.96. The maximum atomic E-state index is 13.7. The van der Waals surface area contributed by atoms with Crippen molar-refractivity contribution in [2.24, 2.45) is 11.8 Å². The molecule has 1 aromatic carbocycles. The Hall–Kier alpha value is -4.63. The Labute approximate surface area is 269 Å². The zero-order chi connectivity index (χ0) is 34.2. The Kier molecular flexibility index (Phi) is 9.77. The molecule has 5 rings (SSSR count). The average Bonchev–Trinajstić information content (AvgIpc) is 2.99. The topological polar surface area (TPSA) is 194 Å². The molecule has 0 spiro atoms. The molecular weight excluding hydrogens is 622 g/mol. The molecule has 2 N–H and O–H groups in total. The van der Waals surface area contributed by atoms with Crippen LogP contribution in [0.4, 0.5) is 0 Å². The lowest BCUT2D eigenvalue weighted by Crippen LogP contribution is -2.63. The highest BCUT2D eigenvalue weighted by Gasteiger charge is 2.55. The van der Waals surface area contributed by atoms with Crippen LogP contribution in [0.25, 0.3) is 0 Å². The van der Waals surface area contributed by atoms with Gasteiger partial charge in [-0.15, -0.1) is 6.58 Å². The molecule has 2 fully saturated rings. The van der Waals surface area contributed by atoms with Gasteiger partial charge < -0.3 is 48.3 Å². The summed E-state index contributed by atoms with van der Waals surface area (Å²) in [5, 5.41) is 20.3. The average molecular weight is 660 g/mol. The first-order valence-electron chi connectivity index (χ1n) is 15.1. The van der Waals surface area contributed by atoms with Gasteiger partial charge in [0.1, 0.15) is 12.7 Å². The molecule has 15 nitrogen and oxygen atoms in total. The molecule has 254 valence electrons. The van der Waals surface area contributed by atoms with Crippen molar-refractivity contribution in [3.05, 3.63) is 47.7 Å². The van der Waals surface area contributed by atoms with Crippen molar-refractivity contribution in [3.8, 4) is 11.5 Å². The van der Waals surface area contributed by atoms with Crippen LogP contribution in [0.3, 0.4) is 0 Å². The first kappa shape index (κ1) is 33.7. The minimum atomic E-state index is -1.51. The van der Waals surface area contributed by atoms with Crippen molar-refractivity contribution in [1.82, 2.24) is 4.90 Å². The number of carbonyl (C=O) groups excluding carboxylic acids is 5. The van der Waals surface area contributed by atoms with Gasteiger partial charge in [0.15, 0.2) is 29.8 Å². The summed E-state index contributed by atoms with van der Waals surface area (Å²) in [6.07, 6.45) is -4.43. The Bertz CT molecular complexity index is 1490. The highest BCUT2D eigenvalue weighted by Crippen LogP contribution is 2.49. The number of carbonyl (C=O) groups is 5. The van der Waals surface area contributed by atoms with Gasteiger partial charge in [0, 0.05) is 46.1 Å². The van der Waals surface area contributed by atoms with Gasteiger partial charge in [-0.1, -0.05) is 6.08 Å². The molecule has 4 aliphatic rings. The highest BCUT2D eigenvalue weighted by atomic mass is 16.8. The predicted molar refractivity (Wildman–Crippen MR) is 156 cm³/mol. The molecule has 0 aliphatic carbocycles. The lowest BCUT2D eigenvalue weighted by Gasteiger charge is -2.49. The van der Waals surface area contributed by atoms with Crippen molar-refractivity contribution in [3.63, 3.8) is 0 Å². The number of phenolic OH excluding ortho intramolecular Hbond substituents is 2. The van der Waals surface area contributed by atoms with Crippen molar-refractivity contribution in [2.75, 3.05) is 13.2 Å². The number of rotatable bonds is 8. The number of ether oxygens (including phenoxy) is 7. The number of fused-ring (bicyclic) bond motifs is 4. The second-order valence-electron chi connectivity index (χ2n) is 11.7. The second-order valence-corrected chi connectivity index (χ2v) is 11.7. The molecule has 0 aromatic heterocycles. The van der Waals surface area contributed by atoms with E-state index < -0.39 is 85.4 Å². The van der Waals surface area contributed by atoms with Crippen LogP contribution in [0.2, 0.25) is 0 Å². The molecule has 47 heavy (non-hydrogen) atoms. The minimum Gasteiger partial charge on any atom is -0.504 e. The van der Waals surface area contributed by atoms with Crippen molar-refractivity contribution < 1.29 is 67.3 Å². The number of aromatic hydroxyl groups is 2. The van der Waals surface area contributed by atoms with E-state index in [4.69, 9.17) is 33.2 Å². The Morgan fingerprint density at radius 3 is 2.21 bits per heavy atom. The summed E-state index contributed by atoms with van der Waals surface area (Å²) < 4.78 is 39.8. The van der Waals surface area contributed by atoms with Gasteiger partial charge in [-0.3, -0.25) is 24.0 Å². The van der Waals surface area contributed by atoms with Crippen molar-refractivity contribution in [1.29, 1.82) is 0 Å². The summed E-state index contributed by atoms with van der Waals surface area (Å²) in [7, 11) is 0. The van der Waals surface area contributed by atoms with Crippen LogP contribution in [-0.4, -0.2) is 95.0 Å². The zero-order valence-electron chi connectivity index (χ0n) is 26.3. The number of amides is 1. The SMILES string of the molecule is C=C[C@H]1[C@H](O[C@@H]2O[C@H](COC(C)=O)[C@@H](OC(C)=O)[C@H](OC(C)=O)[C@H]2OC(C)=O)OC=C2C(=O)N3CCc4cc(O)c(O)cc4[C@H]3C[C@H]21. The van der Waals surface area contributed by atoms with Crippen molar-refractivity contribution >= 4 is 29.8 Å². The number of hydrogen-bond donors (Lipinski definition) is 2. The number of benzene rings is 1. The van der Waals surface area contributed by atoms with Crippen LogP contribution in [0.5, 0.6) is 11.5 Å². The molecule has 9 atom stereocenters. The fourth-order valence-electron chi connectivity index (χ4n) is 6.67. The standard InChI is InChI=1S/C32H37NO14/c1-6-19-21-10-23-20-11-25(39)24(38)9-18(20)7-8-33(23)30(40)22(21)12-42-31(19)47-32-29(45-17(5)37)28(44-16(4)36)27(43-15(3)35)26(46-32)13-41-14(2)34/h6,9,11-12,19,21,23,26-29,31-32,38-39H,1,7-8,10,13H2,2-5H3/t19-,21+,23-,26-,27-,28+,29-,31+,32+/m1/s1. The lowest BCUT2D eigenvalue weighted by molar-refractivity contribution is -0.342. The minimum absolute atomic E-state index is 0.242. The van der Waals surface area contributed by atoms with Crippen LogP contribution in [0, 0.1) is 11.8 Å². The van der Waals surface area contributed by atoms with Crippen LogP contribution < -0.4 is 0 Å². The highest BCUT2D eigenvalue weighted by molar-refractivity contribution is 5.95. The fraction of sp³-hybridized carbons (Fsp3) is 0.531. The fourth-order valence-corrected chi connectivity index (χ4v) is 6.67. The smallest absolute Gasteiger partial charge is 0.303 e. The van der Waals surface area contributed by atoms with E-state index in [1.807, 2.05) is 0 Å². The van der Waals surface area contributed by atoms with Gasteiger partial charge in [0.05, 0.1) is 17.9 Å². The summed E-state index contributed by atoms with van der Waals surface area (Å²) >= 11 is 0. The molecule has 15 heteroatoms. The molecule has 1 aromatic rings. The van der Waals surface area contributed by atoms with E-state index in [9.17, 15) is 34.2 Å². The number of piperidine rings is 1. The normalized spacial score (nSPS) is 31.1. The van der Waals surface area contributed by atoms with Gasteiger partial charge in [-0.05, 0) is 36.1 Å². The predicted octanol–water partition coefficient (Wildman–Crippen LogP) is 1.69. The van der Waals surface area contributed by atoms with Crippen molar-refractivity contribution in [2.45, 2.75) is 83.6 Å². The van der Waals surface area contributed by atoms with Crippen LogP contribution >= 0.6 is 0 Å². The molecule has 4 aliphatic heterocycles. The molecule has 0 saturated carbocycles. The largest absolute Gasteiger partial charge is 0.504 e. The van der Waals surface area contributed by atoms with E-state index in [0.29, 0.717) is 30.5 Å². The van der Waals surface area contributed by atoms with E-state index in [2.05, 4.69) is 6.58 Å². The molecule has 0 radical (unpaired) electrons. The first-order valence-corrected chi connectivity index (χ1v) is 15.1. The summed E-state index contributed by atoms with van der Waals surface area (Å²) in [6, 6.07) is 2.55. The summed E-state index contributed by atoms with van der Waals surface area (Å²) in [6.45, 7) is 8.42. The molecule has 2 saturated heterocycles. The van der Waals surface area contributed by atoms with Crippen LogP contribution in [0.15, 0.2) is 36.6 Å². The monoisotopic (exact) mass is 659 g/mol. The van der Waals surface area contributed by atoms with Crippen LogP contribution in [-0.2, 0) is 63.6 Å². The number of nitrogens with zero attached hydrogens (tertiary/aromatic N) is 1. The molecule has 0 unspecified atom stereocenters. The van der Waals surface area contributed by atoms with Gasteiger partial charge >= 0.3 is 23.9 Å². The number of hydrogen-bond acceptors (Lipinski definition) is 14. The van der Waals surface area contributed by atoms with E-state index in [0.717, 1.165) is 26.3 Å². The molecule has 1 amide bonds. The van der Waals surface area contributed by atoms with E-state index in [1.165, 1.54) is 25.3 Å². The lowest BCUT2D eigenvalue weighted by atomic mass is 9.73. The number of phenols is 2. The third-order valence-electron chi connectivity index (χ3n) is 8.57. The van der Waals surface area contributed by atoms with Gasteiger partial charge in [-0.2, -0.15) is 0 Å². The van der Waals surface area contributed by atoms with Crippen LogP contribution in [0.1, 0.15) is 51.3 Å². The quantitative estimate of drug-likeness (QED) is 0.177. The van der Waals surface area contributed by atoms with E-state index in [-0.39, 0.29) is 17.4 Å². The maximum absolute atomic E-state index is 13.7. The maximum Gasteiger partial charge on any atom is 0.303 e. The summed E-state index contributed by atoms with van der Waals surface area (Å²) in [4.78, 5) is 63.6. The molecular formula is C32H37NO14. The van der Waals surface area contributed by atoms with Gasteiger partial charge in [0.2, 0.25) is 12.6 Å². The molecule has 4 heterocycles. The Morgan fingerprint density at radius 2 is 1.57 bits per heavy atom. The zero-order valence-corrected chi connectivity index (χ0v) is 26.3. The molecule has 0 bridgehead atoms. The number of esters is 4. The second kappa shape index (κ2) is 13.6. The Morgan fingerprint density at radius 1 is 0.936 bits per heavy atom. The first-order chi connectivity index (χ1) is 22.3. The van der Waals surface area contributed by atoms with E-state index >= 15 is 0 Å². The van der Waals surface area contributed by atoms with E-state index in [1.54, 1.807) is 11.0 Å². The Balaban J connectivity index is 1.47. The third kappa shape index (κ3) is 6.90.